The van der Waals surface area contributed by atoms with Gasteiger partial charge < -0.3 is 9.64 Å². The van der Waals surface area contributed by atoms with Crippen molar-refractivity contribution in [2.45, 2.75) is 6.92 Å². The van der Waals surface area contributed by atoms with Crippen LogP contribution < -0.4 is 4.90 Å². The maximum atomic E-state index is 5.39. The van der Waals surface area contributed by atoms with E-state index in [-0.39, 0.29) is 0 Å². The monoisotopic (exact) mass is 233 g/mol. The lowest BCUT2D eigenvalue weighted by molar-refractivity contribution is 0.111. The molecule has 0 bridgehead atoms. The Labute approximate surface area is 104 Å². The van der Waals surface area contributed by atoms with Crippen LogP contribution in [0.25, 0.3) is 0 Å². The number of ether oxygens (including phenoxy) is 1. The summed E-state index contributed by atoms with van der Waals surface area (Å²) in [7, 11) is 0. The number of piperazine rings is 1. The van der Waals surface area contributed by atoms with E-state index < -0.39 is 0 Å². The molecule has 0 aromatic heterocycles. The van der Waals surface area contributed by atoms with Crippen LogP contribution in [0.2, 0.25) is 0 Å². The van der Waals surface area contributed by atoms with Crippen molar-refractivity contribution >= 4 is 5.69 Å². The largest absolute Gasteiger partial charge is 0.380 e. The van der Waals surface area contributed by atoms with Gasteiger partial charge in [0.1, 0.15) is 0 Å². The molecule has 2 rings (SSSR count). The van der Waals surface area contributed by atoms with E-state index in [0.717, 1.165) is 45.9 Å². The molecule has 1 aliphatic rings. The highest BCUT2D eigenvalue weighted by Crippen LogP contribution is 2.14. The lowest BCUT2D eigenvalue weighted by atomic mass is 10.2. The van der Waals surface area contributed by atoms with E-state index in [1.165, 1.54) is 5.69 Å². The van der Waals surface area contributed by atoms with Gasteiger partial charge in [0.2, 0.25) is 0 Å². The summed E-state index contributed by atoms with van der Waals surface area (Å²) >= 11 is 0. The van der Waals surface area contributed by atoms with Crippen molar-refractivity contribution in [1.82, 2.24) is 4.90 Å². The minimum absolute atomic E-state index is 0.819. The Bertz CT molecular complexity index is 307. The first-order chi connectivity index (χ1) is 8.40. The first-order valence-corrected chi connectivity index (χ1v) is 6.41. The summed E-state index contributed by atoms with van der Waals surface area (Å²) in [6.07, 6.45) is 0. The SMILES string of the molecule is CCOCCN1CCN(c2c[c]ccc2)CC1. The Hall–Kier alpha value is -1.06. The van der Waals surface area contributed by atoms with Crippen LogP contribution in [0, 0.1) is 6.07 Å². The molecule has 1 heterocycles. The minimum atomic E-state index is 0.819. The number of nitrogens with zero attached hydrogens (tertiary/aromatic N) is 2. The fourth-order valence-corrected chi connectivity index (χ4v) is 2.15. The summed E-state index contributed by atoms with van der Waals surface area (Å²) in [6.45, 7) is 9.24. The van der Waals surface area contributed by atoms with Crippen molar-refractivity contribution in [3.63, 3.8) is 0 Å². The van der Waals surface area contributed by atoms with E-state index in [2.05, 4.69) is 34.1 Å². The van der Waals surface area contributed by atoms with Crippen LogP contribution >= 0.6 is 0 Å². The first-order valence-electron chi connectivity index (χ1n) is 6.41. The second-order valence-electron chi connectivity index (χ2n) is 4.29. The Morgan fingerprint density at radius 3 is 2.76 bits per heavy atom. The predicted octanol–water partition coefficient (Wildman–Crippen LogP) is 1.65. The molecule has 1 fully saturated rings. The highest BCUT2D eigenvalue weighted by atomic mass is 16.5. The fourth-order valence-electron chi connectivity index (χ4n) is 2.15. The number of benzene rings is 1. The molecule has 1 aromatic carbocycles. The highest BCUT2D eigenvalue weighted by molar-refractivity contribution is 5.45. The van der Waals surface area contributed by atoms with Crippen LogP contribution in [0.4, 0.5) is 5.69 Å². The van der Waals surface area contributed by atoms with Gasteiger partial charge in [0.05, 0.1) is 6.61 Å². The Morgan fingerprint density at radius 1 is 1.29 bits per heavy atom. The fraction of sp³-hybridized carbons (Fsp3) is 0.571. The topological polar surface area (TPSA) is 15.7 Å². The van der Waals surface area contributed by atoms with Crippen LogP contribution in [0.3, 0.4) is 0 Å². The van der Waals surface area contributed by atoms with Crippen molar-refractivity contribution in [2.75, 3.05) is 50.8 Å². The van der Waals surface area contributed by atoms with E-state index >= 15 is 0 Å². The molecule has 0 spiro atoms. The zero-order chi connectivity index (χ0) is 11.9. The Kier molecular flexibility index (Phi) is 4.83. The van der Waals surface area contributed by atoms with Gasteiger partial charge in [-0.3, -0.25) is 4.90 Å². The van der Waals surface area contributed by atoms with E-state index in [1.807, 2.05) is 13.0 Å². The van der Waals surface area contributed by atoms with Gasteiger partial charge >= 0.3 is 0 Å². The average Bonchev–Trinajstić information content (AvgIpc) is 2.41. The van der Waals surface area contributed by atoms with Crippen LogP contribution in [0.1, 0.15) is 6.92 Å². The van der Waals surface area contributed by atoms with Gasteiger partial charge in [0, 0.05) is 45.0 Å². The smallest absolute Gasteiger partial charge is 0.0593 e. The zero-order valence-electron chi connectivity index (χ0n) is 10.6. The quantitative estimate of drug-likeness (QED) is 0.719. The molecular formula is C14H21N2O. The van der Waals surface area contributed by atoms with Gasteiger partial charge in [-0.25, -0.2) is 0 Å². The predicted molar refractivity (Wildman–Crippen MR) is 70.4 cm³/mol. The number of anilines is 1. The first kappa shape index (κ1) is 12.4. The molecule has 1 aliphatic heterocycles. The summed E-state index contributed by atoms with van der Waals surface area (Å²) < 4.78 is 5.39. The third kappa shape index (κ3) is 3.72. The third-order valence-corrected chi connectivity index (χ3v) is 3.18. The van der Waals surface area contributed by atoms with Gasteiger partial charge in [-0.2, -0.15) is 0 Å². The zero-order valence-corrected chi connectivity index (χ0v) is 10.6. The van der Waals surface area contributed by atoms with E-state index in [4.69, 9.17) is 4.74 Å². The van der Waals surface area contributed by atoms with Gasteiger partial charge in [-0.15, -0.1) is 0 Å². The highest BCUT2D eigenvalue weighted by Gasteiger charge is 2.16. The van der Waals surface area contributed by atoms with Gasteiger partial charge in [-0.1, -0.05) is 12.1 Å². The molecule has 0 N–H and O–H groups in total. The van der Waals surface area contributed by atoms with Crippen LogP contribution in [0.15, 0.2) is 24.3 Å². The average molecular weight is 233 g/mol. The van der Waals surface area contributed by atoms with Crippen molar-refractivity contribution in [1.29, 1.82) is 0 Å². The molecule has 1 aromatic rings. The van der Waals surface area contributed by atoms with E-state index in [0.29, 0.717) is 0 Å². The van der Waals surface area contributed by atoms with E-state index in [1.54, 1.807) is 0 Å². The summed E-state index contributed by atoms with van der Waals surface area (Å²) in [5.41, 5.74) is 1.29. The standard InChI is InChI=1S/C14H21N2O/c1-2-17-13-12-15-8-10-16(11-9-15)14-6-4-3-5-7-14/h3-4,6-7H,2,8-13H2,1H3. The molecule has 1 saturated heterocycles. The Morgan fingerprint density at radius 2 is 2.12 bits per heavy atom. The van der Waals surface area contributed by atoms with Gasteiger partial charge in [0.25, 0.3) is 0 Å². The van der Waals surface area contributed by atoms with Crippen molar-refractivity contribution < 1.29 is 4.74 Å². The summed E-state index contributed by atoms with van der Waals surface area (Å²) in [6, 6.07) is 11.4. The van der Waals surface area contributed by atoms with Gasteiger partial charge in [0.15, 0.2) is 0 Å². The lowest BCUT2D eigenvalue weighted by Crippen LogP contribution is -2.47. The molecule has 0 saturated carbocycles. The normalized spacial score (nSPS) is 17.4. The number of hydrogen-bond donors (Lipinski definition) is 0. The molecule has 3 heteroatoms. The van der Waals surface area contributed by atoms with Crippen molar-refractivity contribution in [3.05, 3.63) is 30.3 Å². The van der Waals surface area contributed by atoms with Crippen LogP contribution in [-0.4, -0.2) is 50.8 Å². The van der Waals surface area contributed by atoms with Gasteiger partial charge in [-0.05, 0) is 25.1 Å². The molecule has 17 heavy (non-hydrogen) atoms. The third-order valence-electron chi connectivity index (χ3n) is 3.18. The molecular weight excluding hydrogens is 212 g/mol. The second-order valence-corrected chi connectivity index (χ2v) is 4.29. The molecule has 3 nitrogen and oxygen atoms in total. The molecule has 0 amide bonds. The number of hydrogen-bond acceptors (Lipinski definition) is 3. The van der Waals surface area contributed by atoms with Crippen LogP contribution in [-0.2, 0) is 4.74 Å². The molecule has 1 radical (unpaired) electrons. The maximum Gasteiger partial charge on any atom is 0.0593 e. The minimum Gasteiger partial charge on any atom is -0.380 e. The lowest BCUT2D eigenvalue weighted by Gasteiger charge is -2.36. The van der Waals surface area contributed by atoms with Crippen molar-refractivity contribution in [2.24, 2.45) is 0 Å². The number of rotatable bonds is 5. The molecule has 0 unspecified atom stereocenters. The Balaban J connectivity index is 1.74. The molecule has 0 aliphatic carbocycles. The summed E-state index contributed by atoms with van der Waals surface area (Å²) in [4.78, 5) is 4.90. The summed E-state index contributed by atoms with van der Waals surface area (Å²) in [5, 5.41) is 0. The maximum absolute atomic E-state index is 5.39. The van der Waals surface area contributed by atoms with E-state index in [9.17, 15) is 0 Å². The second kappa shape index (κ2) is 6.62. The summed E-state index contributed by atoms with van der Waals surface area (Å²) in [5.74, 6) is 0. The molecule has 93 valence electrons. The molecule has 0 atom stereocenters. The van der Waals surface area contributed by atoms with Crippen LogP contribution in [0.5, 0.6) is 0 Å². The van der Waals surface area contributed by atoms with Crippen molar-refractivity contribution in [3.8, 4) is 0 Å².